The molecule has 0 fully saturated rings. The zero-order chi connectivity index (χ0) is 21.8. The Morgan fingerprint density at radius 3 is 2.70 bits per heavy atom. The van der Waals surface area contributed by atoms with Crippen LogP contribution in [0.3, 0.4) is 0 Å². The molecule has 0 aliphatic rings. The van der Waals surface area contributed by atoms with Crippen molar-refractivity contribution in [2.24, 2.45) is 5.10 Å². The van der Waals surface area contributed by atoms with Crippen molar-refractivity contribution in [3.63, 3.8) is 0 Å². The van der Waals surface area contributed by atoms with Gasteiger partial charge in [-0.15, -0.1) is 0 Å². The fraction of sp³-hybridized carbons (Fsp3) is 0.238. The van der Waals surface area contributed by atoms with Crippen LogP contribution in [0.15, 0.2) is 50.8 Å². The van der Waals surface area contributed by atoms with Crippen LogP contribution in [-0.2, 0) is 16.0 Å². The van der Waals surface area contributed by atoms with Crippen molar-refractivity contribution < 1.29 is 19.1 Å². The molecule has 1 aromatic carbocycles. The normalized spacial score (nSPS) is 12.6. The van der Waals surface area contributed by atoms with Gasteiger partial charge in [0.15, 0.2) is 0 Å². The van der Waals surface area contributed by atoms with Crippen molar-refractivity contribution in [3.05, 3.63) is 63.8 Å². The number of hydrogen-bond donors (Lipinski definition) is 4. The van der Waals surface area contributed by atoms with E-state index in [0.717, 1.165) is 16.5 Å². The third-order valence-corrected chi connectivity index (χ3v) is 4.54. The molecule has 0 bridgehead atoms. The second kappa shape index (κ2) is 8.64. The number of carbonyl (C=O) groups excluding carboxylic acids is 2. The van der Waals surface area contributed by atoms with Crippen LogP contribution in [-0.4, -0.2) is 33.7 Å². The Balaban J connectivity index is 1.81. The summed E-state index contributed by atoms with van der Waals surface area (Å²) in [6.07, 6.45) is 2.03. The highest BCUT2D eigenvalue weighted by Gasteiger charge is 2.22. The molecule has 4 N–H and O–H groups in total. The molecule has 0 saturated carbocycles. The van der Waals surface area contributed by atoms with E-state index in [1.165, 1.54) is 26.8 Å². The number of aromatic hydroxyl groups is 1. The predicted molar refractivity (Wildman–Crippen MR) is 111 cm³/mol. The quantitative estimate of drug-likeness (QED) is 0.362. The highest BCUT2D eigenvalue weighted by Crippen LogP contribution is 2.19. The lowest BCUT2D eigenvalue weighted by atomic mass is 10.0. The van der Waals surface area contributed by atoms with E-state index >= 15 is 0 Å². The van der Waals surface area contributed by atoms with Crippen LogP contribution >= 0.6 is 0 Å². The third kappa shape index (κ3) is 4.57. The number of benzene rings is 1. The van der Waals surface area contributed by atoms with Gasteiger partial charge in [0.2, 0.25) is 5.91 Å². The standard InChI is InChI=1S/C21H22N4O5/c1-11-8-18(27)19(21(29)30-11)12(2)24-25-20(28)17(23-13(3)26)9-14-10-22-16-7-5-4-6-15(14)16/h4-8,10,17,22,27H,9H2,1-3H3,(H,23,26)(H,25,28)/t17-/m0/s1. The second-order valence-corrected chi connectivity index (χ2v) is 6.89. The van der Waals surface area contributed by atoms with E-state index < -0.39 is 17.6 Å². The summed E-state index contributed by atoms with van der Waals surface area (Å²) in [6, 6.07) is 8.02. The Labute approximate surface area is 171 Å². The van der Waals surface area contributed by atoms with Crippen LogP contribution in [0, 0.1) is 6.92 Å². The number of nitrogens with one attached hydrogen (secondary N) is 3. The molecular formula is C21H22N4O5. The van der Waals surface area contributed by atoms with Gasteiger partial charge in [0.05, 0.1) is 5.71 Å². The number of para-hydroxylation sites is 1. The molecule has 2 aromatic heterocycles. The molecule has 0 aliphatic carbocycles. The van der Waals surface area contributed by atoms with E-state index in [1.54, 1.807) is 6.20 Å². The molecule has 0 unspecified atom stereocenters. The Morgan fingerprint density at radius 2 is 2.00 bits per heavy atom. The van der Waals surface area contributed by atoms with Gasteiger partial charge >= 0.3 is 5.63 Å². The molecule has 156 valence electrons. The smallest absolute Gasteiger partial charge is 0.348 e. The lowest BCUT2D eigenvalue weighted by molar-refractivity contribution is -0.128. The van der Waals surface area contributed by atoms with Gasteiger partial charge in [0, 0.05) is 36.5 Å². The van der Waals surface area contributed by atoms with Gasteiger partial charge in [0.1, 0.15) is 23.1 Å². The van der Waals surface area contributed by atoms with Crippen LogP contribution in [0.2, 0.25) is 0 Å². The van der Waals surface area contributed by atoms with Gasteiger partial charge in [-0.2, -0.15) is 5.10 Å². The van der Waals surface area contributed by atoms with E-state index in [1.807, 2.05) is 24.3 Å². The zero-order valence-corrected chi connectivity index (χ0v) is 16.8. The lowest BCUT2D eigenvalue weighted by Gasteiger charge is -2.16. The number of nitrogens with zero attached hydrogens (tertiary/aromatic N) is 1. The van der Waals surface area contributed by atoms with Crippen molar-refractivity contribution in [2.75, 3.05) is 0 Å². The molecule has 0 radical (unpaired) electrons. The van der Waals surface area contributed by atoms with Gasteiger partial charge in [-0.25, -0.2) is 10.2 Å². The summed E-state index contributed by atoms with van der Waals surface area (Å²) in [7, 11) is 0. The Kier molecular flexibility index (Phi) is 6.01. The minimum absolute atomic E-state index is 0.0725. The summed E-state index contributed by atoms with van der Waals surface area (Å²) in [5.41, 5.74) is 3.29. The maximum atomic E-state index is 12.7. The summed E-state index contributed by atoms with van der Waals surface area (Å²) in [5.74, 6) is -0.975. The van der Waals surface area contributed by atoms with Crippen LogP contribution in [0.4, 0.5) is 0 Å². The largest absolute Gasteiger partial charge is 0.507 e. The molecule has 0 saturated heterocycles. The predicted octanol–water partition coefficient (Wildman–Crippen LogP) is 1.72. The molecule has 0 spiro atoms. The highest BCUT2D eigenvalue weighted by molar-refractivity contribution is 6.01. The van der Waals surface area contributed by atoms with Gasteiger partial charge < -0.3 is 19.8 Å². The van der Waals surface area contributed by atoms with Crippen LogP contribution in [0.25, 0.3) is 10.9 Å². The number of rotatable bonds is 6. The minimum Gasteiger partial charge on any atom is -0.507 e. The van der Waals surface area contributed by atoms with Crippen LogP contribution < -0.4 is 16.4 Å². The van der Waals surface area contributed by atoms with Gasteiger partial charge in [-0.3, -0.25) is 9.59 Å². The van der Waals surface area contributed by atoms with Crippen molar-refractivity contribution in [1.29, 1.82) is 0 Å². The third-order valence-electron chi connectivity index (χ3n) is 4.54. The number of H-pyrrole nitrogens is 1. The van der Waals surface area contributed by atoms with Crippen molar-refractivity contribution in [3.8, 4) is 5.75 Å². The molecule has 30 heavy (non-hydrogen) atoms. The molecule has 2 amide bonds. The topological polar surface area (TPSA) is 137 Å². The molecule has 0 aliphatic heterocycles. The van der Waals surface area contributed by atoms with Crippen LogP contribution in [0.1, 0.15) is 30.7 Å². The molecule has 1 atom stereocenters. The van der Waals surface area contributed by atoms with Crippen LogP contribution in [0.5, 0.6) is 5.75 Å². The number of hydrazone groups is 1. The molecule has 9 heteroatoms. The average Bonchev–Trinajstić information content (AvgIpc) is 3.07. The summed E-state index contributed by atoms with van der Waals surface area (Å²) < 4.78 is 4.96. The maximum Gasteiger partial charge on any atom is 0.348 e. The van der Waals surface area contributed by atoms with Crippen molar-refractivity contribution >= 4 is 28.4 Å². The van der Waals surface area contributed by atoms with Gasteiger partial charge in [0.25, 0.3) is 5.91 Å². The first kappa shape index (κ1) is 20.8. The summed E-state index contributed by atoms with van der Waals surface area (Å²) in [4.78, 5) is 39.4. The summed E-state index contributed by atoms with van der Waals surface area (Å²) in [6.45, 7) is 4.30. The van der Waals surface area contributed by atoms with E-state index in [2.05, 4.69) is 20.8 Å². The maximum absolute atomic E-state index is 12.7. The number of aromatic amines is 1. The molecule has 3 aromatic rings. The Morgan fingerprint density at radius 1 is 1.27 bits per heavy atom. The first-order valence-electron chi connectivity index (χ1n) is 9.26. The van der Waals surface area contributed by atoms with Gasteiger partial charge in [-0.1, -0.05) is 18.2 Å². The minimum atomic E-state index is -0.888. The summed E-state index contributed by atoms with van der Waals surface area (Å²) in [5, 5.41) is 17.5. The SMILES string of the molecule is CC(=O)N[C@@H](Cc1c[nH]c2ccccc12)C(=O)NN=C(C)c1c(O)cc(C)oc1=O. The number of aryl methyl sites for hydroxylation is 1. The van der Waals surface area contributed by atoms with E-state index in [-0.39, 0.29) is 35.1 Å². The number of hydrogen-bond acceptors (Lipinski definition) is 6. The van der Waals surface area contributed by atoms with Crippen molar-refractivity contribution in [2.45, 2.75) is 33.2 Å². The van der Waals surface area contributed by atoms with E-state index in [9.17, 15) is 19.5 Å². The molecule has 9 nitrogen and oxygen atoms in total. The average molecular weight is 410 g/mol. The van der Waals surface area contributed by atoms with E-state index in [4.69, 9.17) is 4.42 Å². The van der Waals surface area contributed by atoms with Crippen molar-refractivity contribution in [1.82, 2.24) is 15.7 Å². The fourth-order valence-electron chi connectivity index (χ4n) is 3.18. The first-order valence-corrected chi connectivity index (χ1v) is 9.26. The first-order chi connectivity index (χ1) is 14.3. The molecule has 2 heterocycles. The number of carbonyl (C=O) groups is 2. The molecular weight excluding hydrogens is 388 g/mol. The Hall–Kier alpha value is -3.88. The highest BCUT2D eigenvalue weighted by atomic mass is 16.4. The van der Waals surface area contributed by atoms with E-state index in [0.29, 0.717) is 0 Å². The molecule has 3 rings (SSSR count). The lowest BCUT2D eigenvalue weighted by Crippen LogP contribution is -2.46. The number of aromatic nitrogens is 1. The zero-order valence-electron chi connectivity index (χ0n) is 16.8. The second-order valence-electron chi connectivity index (χ2n) is 6.89. The van der Waals surface area contributed by atoms with Gasteiger partial charge in [-0.05, 0) is 25.5 Å². The monoisotopic (exact) mass is 410 g/mol. The Bertz CT molecular complexity index is 1190. The fourth-order valence-corrected chi connectivity index (χ4v) is 3.18. The number of fused-ring (bicyclic) bond motifs is 1. The summed E-state index contributed by atoms with van der Waals surface area (Å²) >= 11 is 0. The number of amides is 2.